The number of ether oxygens (including phenoxy) is 1. The minimum atomic E-state index is -4.24. The van der Waals surface area contributed by atoms with Crippen LogP contribution in [-0.4, -0.2) is 57.0 Å². The zero-order valence-electron chi connectivity index (χ0n) is 11.8. The summed E-state index contributed by atoms with van der Waals surface area (Å²) in [7, 11) is 0. The molecule has 21 heavy (non-hydrogen) atoms. The predicted molar refractivity (Wildman–Crippen MR) is 76.4 cm³/mol. The minimum Gasteiger partial charge on any atom is -0.399 e. The van der Waals surface area contributed by atoms with Crippen LogP contribution in [0.15, 0.2) is 24.3 Å². The molecule has 7 heteroatoms. The highest BCUT2D eigenvalue weighted by Gasteiger charge is 2.27. The standard InChI is InChI=1S/C14H20F3N3O/c15-14(16,17)11-21-9-8-19-4-6-20(7-5-19)13-3-1-2-12(18)10-13/h1-3,10H,4-9,11,18H2. The van der Waals surface area contributed by atoms with E-state index in [0.717, 1.165) is 37.6 Å². The number of piperazine rings is 1. The van der Waals surface area contributed by atoms with Gasteiger partial charge in [-0.3, -0.25) is 4.90 Å². The molecule has 0 aliphatic carbocycles. The number of alkyl halides is 3. The van der Waals surface area contributed by atoms with Crippen molar-refractivity contribution in [3.05, 3.63) is 24.3 Å². The average Bonchev–Trinajstić information content (AvgIpc) is 2.43. The van der Waals surface area contributed by atoms with Crippen LogP contribution in [0.5, 0.6) is 0 Å². The van der Waals surface area contributed by atoms with E-state index < -0.39 is 12.8 Å². The van der Waals surface area contributed by atoms with E-state index in [1.807, 2.05) is 24.3 Å². The van der Waals surface area contributed by atoms with E-state index in [2.05, 4.69) is 14.5 Å². The lowest BCUT2D eigenvalue weighted by atomic mass is 10.2. The maximum absolute atomic E-state index is 11.9. The van der Waals surface area contributed by atoms with Gasteiger partial charge in [0.1, 0.15) is 6.61 Å². The summed E-state index contributed by atoms with van der Waals surface area (Å²) in [6.45, 7) is 2.76. The van der Waals surface area contributed by atoms with Crippen molar-refractivity contribution in [2.45, 2.75) is 6.18 Å². The Morgan fingerprint density at radius 2 is 1.86 bits per heavy atom. The molecule has 1 fully saturated rings. The van der Waals surface area contributed by atoms with Crippen molar-refractivity contribution in [1.82, 2.24) is 4.90 Å². The van der Waals surface area contributed by atoms with Crippen LogP contribution in [0.1, 0.15) is 0 Å². The molecule has 0 unspecified atom stereocenters. The van der Waals surface area contributed by atoms with E-state index in [1.54, 1.807) is 0 Å². The average molecular weight is 303 g/mol. The van der Waals surface area contributed by atoms with Crippen molar-refractivity contribution in [3.63, 3.8) is 0 Å². The fourth-order valence-electron chi connectivity index (χ4n) is 2.33. The van der Waals surface area contributed by atoms with Gasteiger partial charge in [-0.15, -0.1) is 0 Å². The van der Waals surface area contributed by atoms with Crippen molar-refractivity contribution < 1.29 is 17.9 Å². The van der Waals surface area contributed by atoms with Crippen LogP contribution < -0.4 is 10.6 Å². The van der Waals surface area contributed by atoms with Crippen LogP contribution in [-0.2, 0) is 4.74 Å². The van der Waals surface area contributed by atoms with Crippen LogP contribution in [0.3, 0.4) is 0 Å². The molecule has 0 radical (unpaired) electrons. The van der Waals surface area contributed by atoms with Crippen molar-refractivity contribution in [2.24, 2.45) is 0 Å². The third-order valence-electron chi connectivity index (χ3n) is 3.43. The summed E-state index contributed by atoms with van der Waals surface area (Å²) in [5.74, 6) is 0. The smallest absolute Gasteiger partial charge is 0.399 e. The summed E-state index contributed by atoms with van der Waals surface area (Å²) in [4.78, 5) is 4.34. The number of nitrogens with two attached hydrogens (primary N) is 1. The second kappa shape index (κ2) is 7.00. The Bertz CT molecular complexity index is 445. The van der Waals surface area contributed by atoms with Gasteiger partial charge in [-0.2, -0.15) is 13.2 Å². The first-order valence-corrected chi connectivity index (χ1v) is 6.91. The van der Waals surface area contributed by atoms with Gasteiger partial charge in [0.05, 0.1) is 6.61 Å². The van der Waals surface area contributed by atoms with E-state index in [4.69, 9.17) is 5.73 Å². The monoisotopic (exact) mass is 303 g/mol. The van der Waals surface area contributed by atoms with Crippen LogP contribution in [0.25, 0.3) is 0 Å². The molecule has 0 saturated carbocycles. The summed E-state index contributed by atoms with van der Waals surface area (Å²) in [5, 5.41) is 0. The van der Waals surface area contributed by atoms with Gasteiger partial charge in [0, 0.05) is 44.1 Å². The Morgan fingerprint density at radius 1 is 1.14 bits per heavy atom. The highest BCUT2D eigenvalue weighted by molar-refractivity contribution is 5.56. The van der Waals surface area contributed by atoms with Gasteiger partial charge < -0.3 is 15.4 Å². The Balaban J connectivity index is 1.69. The maximum Gasteiger partial charge on any atom is 0.411 e. The molecule has 1 saturated heterocycles. The highest BCUT2D eigenvalue weighted by Crippen LogP contribution is 2.19. The lowest BCUT2D eigenvalue weighted by molar-refractivity contribution is -0.174. The van der Waals surface area contributed by atoms with Gasteiger partial charge in [-0.05, 0) is 18.2 Å². The number of anilines is 2. The molecule has 4 nitrogen and oxygen atoms in total. The second-order valence-electron chi connectivity index (χ2n) is 5.09. The zero-order chi connectivity index (χ0) is 15.3. The fraction of sp³-hybridized carbons (Fsp3) is 0.571. The minimum absolute atomic E-state index is 0.109. The van der Waals surface area contributed by atoms with E-state index in [-0.39, 0.29) is 6.61 Å². The summed E-state index contributed by atoms with van der Waals surface area (Å²) >= 11 is 0. The molecule has 0 aromatic heterocycles. The third kappa shape index (κ3) is 5.43. The number of benzene rings is 1. The number of hydrogen-bond acceptors (Lipinski definition) is 4. The Morgan fingerprint density at radius 3 is 2.48 bits per heavy atom. The van der Waals surface area contributed by atoms with Gasteiger partial charge in [-0.25, -0.2) is 0 Å². The van der Waals surface area contributed by atoms with E-state index in [9.17, 15) is 13.2 Å². The van der Waals surface area contributed by atoms with Crippen molar-refractivity contribution in [3.8, 4) is 0 Å². The first kappa shape index (κ1) is 15.9. The molecule has 1 aromatic rings. The topological polar surface area (TPSA) is 41.7 Å². The van der Waals surface area contributed by atoms with Crippen molar-refractivity contribution >= 4 is 11.4 Å². The van der Waals surface area contributed by atoms with Crippen LogP contribution in [0, 0.1) is 0 Å². The van der Waals surface area contributed by atoms with Gasteiger partial charge >= 0.3 is 6.18 Å². The zero-order valence-corrected chi connectivity index (χ0v) is 11.8. The Labute approximate surface area is 122 Å². The number of nitrogen functional groups attached to an aromatic ring is 1. The SMILES string of the molecule is Nc1cccc(N2CCN(CCOCC(F)(F)F)CC2)c1. The lowest BCUT2D eigenvalue weighted by Gasteiger charge is -2.36. The maximum atomic E-state index is 11.9. The summed E-state index contributed by atoms with van der Waals surface area (Å²) in [6, 6.07) is 7.71. The van der Waals surface area contributed by atoms with Crippen molar-refractivity contribution in [2.75, 3.05) is 56.6 Å². The highest BCUT2D eigenvalue weighted by atomic mass is 19.4. The summed E-state index contributed by atoms with van der Waals surface area (Å²) < 4.78 is 40.4. The molecule has 1 aliphatic heterocycles. The fourth-order valence-corrected chi connectivity index (χ4v) is 2.33. The van der Waals surface area contributed by atoms with Crippen LogP contribution >= 0.6 is 0 Å². The molecule has 1 aromatic carbocycles. The number of hydrogen-bond donors (Lipinski definition) is 1. The first-order chi connectivity index (χ1) is 9.94. The molecule has 0 amide bonds. The number of nitrogens with zero attached hydrogens (tertiary/aromatic N) is 2. The van der Waals surface area contributed by atoms with Gasteiger partial charge in [0.25, 0.3) is 0 Å². The Hall–Kier alpha value is -1.47. The molecule has 1 aliphatic rings. The van der Waals surface area contributed by atoms with E-state index >= 15 is 0 Å². The Kier molecular flexibility index (Phi) is 5.30. The predicted octanol–water partition coefficient (Wildman–Crippen LogP) is 1.97. The third-order valence-corrected chi connectivity index (χ3v) is 3.43. The molecule has 2 rings (SSSR count). The summed E-state index contributed by atoms with van der Waals surface area (Å²) in [6.07, 6.45) is -4.24. The molecule has 0 spiro atoms. The second-order valence-corrected chi connectivity index (χ2v) is 5.09. The molecule has 0 atom stereocenters. The van der Waals surface area contributed by atoms with Gasteiger partial charge in [0.15, 0.2) is 0 Å². The quantitative estimate of drug-likeness (QED) is 0.667. The molecular formula is C14H20F3N3O. The van der Waals surface area contributed by atoms with E-state index in [0.29, 0.717) is 6.54 Å². The van der Waals surface area contributed by atoms with Gasteiger partial charge in [-0.1, -0.05) is 6.07 Å². The van der Waals surface area contributed by atoms with Crippen LogP contribution in [0.4, 0.5) is 24.5 Å². The molecule has 1 heterocycles. The van der Waals surface area contributed by atoms with Gasteiger partial charge in [0.2, 0.25) is 0 Å². The van der Waals surface area contributed by atoms with Crippen LogP contribution in [0.2, 0.25) is 0 Å². The molecule has 118 valence electrons. The lowest BCUT2D eigenvalue weighted by Crippen LogP contribution is -2.47. The number of rotatable bonds is 5. The molecule has 0 bridgehead atoms. The molecular weight excluding hydrogens is 283 g/mol. The summed E-state index contributed by atoms with van der Waals surface area (Å²) in [5.41, 5.74) is 7.58. The van der Waals surface area contributed by atoms with E-state index in [1.165, 1.54) is 0 Å². The van der Waals surface area contributed by atoms with Crippen molar-refractivity contribution in [1.29, 1.82) is 0 Å². The largest absolute Gasteiger partial charge is 0.411 e. The normalized spacial score (nSPS) is 17.2. The first-order valence-electron chi connectivity index (χ1n) is 6.91. The molecule has 2 N–H and O–H groups in total. The number of halogens is 3.